The molecule has 17 heavy (non-hydrogen) atoms. The Kier molecular flexibility index (Phi) is 3.09. The van der Waals surface area contributed by atoms with Gasteiger partial charge in [0.1, 0.15) is 17.3 Å². The van der Waals surface area contributed by atoms with E-state index in [1.807, 2.05) is 0 Å². The highest BCUT2D eigenvalue weighted by molar-refractivity contribution is 5.83. The second kappa shape index (κ2) is 4.39. The molecule has 2 rings (SSSR count). The van der Waals surface area contributed by atoms with E-state index in [9.17, 15) is 9.59 Å². The summed E-state index contributed by atoms with van der Waals surface area (Å²) in [5.74, 6) is -0.180. The number of allylic oxidation sites excluding steroid dienone is 1. The summed E-state index contributed by atoms with van der Waals surface area (Å²) in [6.07, 6.45) is 4.11. The van der Waals surface area contributed by atoms with E-state index >= 15 is 0 Å². The van der Waals surface area contributed by atoms with E-state index in [4.69, 9.17) is 9.47 Å². The maximum absolute atomic E-state index is 11.9. The summed E-state index contributed by atoms with van der Waals surface area (Å²) in [4.78, 5) is 23.0. The topological polar surface area (TPSA) is 61.8 Å². The zero-order valence-electron chi connectivity index (χ0n) is 10.0. The molecule has 2 aliphatic rings. The van der Waals surface area contributed by atoms with Crippen molar-refractivity contribution < 1.29 is 23.8 Å². The van der Waals surface area contributed by atoms with E-state index in [-0.39, 0.29) is 12.1 Å². The van der Waals surface area contributed by atoms with Crippen LogP contribution in [-0.4, -0.2) is 32.3 Å². The number of esters is 2. The van der Waals surface area contributed by atoms with Crippen molar-refractivity contribution in [2.75, 3.05) is 14.2 Å². The molecule has 2 fully saturated rings. The van der Waals surface area contributed by atoms with E-state index in [1.54, 1.807) is 0 Å². The van der Waals surface area contributed by atoms with Crippen molar-refractivity contribution in [3.63, 3.8) is 0 Å². The number of carbonyl (C=O) groups is 2. The third-order valence-electron chi connectivity index (χ3n) is 3.56. The lowest BCUT2D eigenvalue weighted by Crippen LogP contribution is -2.35. The standard InChI is InChI=1S/C12H16O5/c1-15-10(13)6-8-7-12(11(14)16-2)5-3-4-9(12)17-8/h6,9H,3-5,7H2,1-2H3/b8-6+/t9-,12+/m0/s1. The van der Waals surface area contributed by atoms with E-state index < -0.39 is 11.4 Å². The molecule has 0 bridgehead atoms. The Hall–Kier alpha value is -1.52. The van der Waals surface area contributed by atoms with Gasteiger partial charge >= 0.3 is 11.9 Å². The first-order valence-corrected chi connectivity index (χ1v) is 5.66. The molecular weight excluding hydrogens is 224 g/mol. The molecule has 0 amide bonds. The third kappa shape index (κ3) is 1.90. The van der Waals surface area contributed by atoms with Gasteiger partial charge in [-0.25, -0.2) is 4.79 Å². The van der Waals surface area contributed by atoms with Gasteiger partial charge in [0.25, 0.3) is 0 Å². The van der Waals surface area contributed by atoms with Crippen molar-refractivity contribution in [3.05, 3.63) is 11.8 Å². The Labute approximate surface area is 99.7 Å². The number of methoxy groups -OCH3 is 2. The Bertz CT molecular complexity index is 373. The van der Waals surface area contributed by atoms with Gasteiger partial charge in [0.2, 0.25) is 0 Å². The minimum atomic E-state index is -0.589. The number of hydrogen-bond donors (Lipinski definition) is 0. The molecule has 5 nitrogen and oxygen atoms in total. The molecule has 1 saturated heterocycles. The molecule has 94 valence electrons. The van der Waals surface area contributed by atoms with Gasteiger partial charge in [-0.05, 0) is 19.3 Å². The summed E-state index contributed by atoms with van der Waals surface area (Å²) in [6.45, 7) is 0. The van der Waals surface area contributed by atoms with Crippen molar-refractivity contribution in [1.29, 1.82) is 0 Å². The molecule has 1 aliphatic carbocycles. The van der Waals surface area contributed by atoms with Crippen molar-refractivity contribution >= 4 is 11.9 Å². The zero-order chi connectivity index (χ0) is 12.5. The van der Waals surface area contributed by atoms with Crippen LogP contribution >= 0.6 is 0 Å². The van der Waals surface area contributed by atoms with Gasteiger partial charge in [0.05, 0.1) is 20.3 Å². The lowest BCUT2D eigenvalue weighted by Gasteiger charge is -2.22. The van der Waals surface area contributed by atoms with Crippen molar-refractivity contribution in [3.8, 4) is 0 Å². The SMILES string of the molecule is COC(=O)/C=C1\C[C@]2(C(=O)OC)CCC[C@@H]2O1. The molecule has 0 unspecified atom stereocenters. The third-order valence-corrected chi connectivity index (χ3v) is 3.56. The number of fused-ring (bicyclic) bond motifs is 1. The van der Waals surface area contributed by atoms with E-state index in [0.717, 1.165) is 19.3 Å². The fourth-order valence-corrected chi connectivity index (χ4v) is 2.73. The second-order valence-corrected chi connectivity index (χ2v) is 4.46. The van der Waals surface area contributed by atoms with Crippen LogP contribution in [0.15, 0.2) is 11.8 Å². The monoisotopic (exact) mass is 240 g/mol. The molecule has 0 aromatic rings. The first-order valence-electron chi connectivity index (χ1n) is 5.66. The zero-order valence-corrected chi connectivity index (χ0v) is 10.0. The predicted molar refractivity (Wildman–Crippen MR) is 57.9 cm³/mol. The molecule has 0 radical (unpaired) electrons. The summed E-state index contributed by atoms with van der Waals surface area (Å²) >= 11 is 0. The van der Waals surface area contributed by atoms with Crippen LogP contribution in [0.5, 0.6) is 0 Å². The Morgan fingerprint density at radius 1 is 1.41 bits per heavy atom. The maximum Gasteiger partial charge on any atom is 0.333 e. The number of carbonyl (C=O) groups excluding carboxylic acids is 2. The highest BCUT2D eigenvalue weighted by atomic mass is 16.5. The summed E-state index contributed by atoms with van der Waals surface area (Å²) < 4.78 is 15.0. The van der Waals surface area contributed by atoms with Gasteiger partial charge in [-0.1, -0.05) is 0 Å². The van der Waals surface area contributed by atoms with Gasteiger partial charge < -0.3 is 14.2 Å². The molecule has 5 heteroatoms. The molecule has 1 aliphatic heterocycles. The minimum absolute atomic E-state index is 0.161. The molecule has 0 aromatic carbocycles. The first kappa shape index (κ1) is 12.0. The molecule has 0 spiro atoms. The van der Waals surface area contributed by atoms with Gasteiger partial charge in [-0.3, -0.25) is 4.79 Å². The van der Waals surface area contributed by atoms with Crippen LogP contribution in [-0.2, 0) is 23.8 Å². The van der Waals surface area contributed by atoms with Crippen LogP contribution in [0.2, 0.25) is 0 Å². The van der Waals surface area contributed by atoms with Crippen molar-refractivity contribution in [2.24, 2.45) is 5.41 Å². The Balaban J connectivity index is 2.20. The molecule has 1 saturated carbocycles. The fourth-order valence-electron chi connectivity index (χ4n) is 2.73. The van der Waals surface area contributed by atoms with Crippen LogP contribution in [0.1, 0.15) is 25.7 Å². The van der Waals surface area contributed by atoms with E-state index in [2.05, 4.69) is 4.74 Å². The fraction of sp³-hybridized carbons (Fsp3) is 0.667. The lowest BCUT2D eigenvalue weighted by atomic mass is 9.82. The maximum atomic E-state index is 11.9. The molecule has 2 atom stereocenters. The van der Waals surface area contributed by atoms with Crippen LogP contribution in [0.3, 0.4) is 0 Å². The van der Waals surface area contributed by atoms with Gasteiger partial charge in [0.15, 0.2) is 0 Å². The molecular formula is C12H16O5. The van der Waals surface area contributed by atoms with Gasteiger partial charge in [-0.15, -0.1) is 0 Å². The minimum Gasteiger partial charge on any atom is -0.493 e. The normalized spacial score (nSPS) is 33.1. The van der Waals surface area contributed by atoms with Crippen molar-refractivity contribution in [1.82, 2.24) is 0 Å². The first-order chi connectivity index (χ1) is 8.12. The van der Waals surface area contributed by atoms with Crippen LogP contribution in [0.25, 0.3) is 0 Å². The largest absolute Gasteiger partial charge is 0.493 e. The highest BCUT2D eigenvalue weighted by Gasteiger charge is 2.56. The summed E-state index contributed by atoms with van der Waals surface area (Å²) in [5.41, 5.74) is -0.589. The average molecular weight is 240 g/mol. The average Bonchev–Trinajstić information content (AvgIpc) is 2.84. The van der Waals surface area contributed by atoms with Gasteiger partial charge in [-0.2, -0.15) is 0 Å². The van der Waals surface area contributed by atoms with Crippen LogP contribution in [0.4, 0.5) is 0 Å². The number of hydrogen-bond acceptors (Lipinski definition) is 5. The Morgan fingerprint density at radius 3 is 2.82 bits per heavy atom. The second-order valence-electron chi connectivity index (χ2n) is 4.46. The smallest absolute Gasteiger partial charge is 0.333 e. The summed E-state index contributed by atoms with van der Waals surface area (Å²) in [7, 11) is 2.69. The van der Waals surface area contributed by atoms with E-state index in [0.29, 0.717) is 12.2 Å². The number of ether oxygens (including phenoxy) is 3. The van der Waals surface area contributed by atoms with Crippen LogP contribution < -0.4 is 0 Å². The van der Waals surface area contributed by atoms with Crippen molar-refractivity contribution in [2.45, 2.75) is 31.8 Å². The Morgan fingerprint density at radius 2 is 2.18 bits per heavy atom. The molecule has 0 N–H and O–H groups in total. The molecule has 1 heterocycles. The molecule has 0 aromatic heterocycles. The lowest BCUT2D eigenvalue weighted by molar-refractivity contribution is -0.154. The van der Waals surface area contributed by atoms with Gasteiger partial charge in [0, 0.05) is 6.42 Å². The predicted octanol–water partition coefficient (Wildman–Crippen LogP) is 1.18. The number of rotatable bonds is 2. The van der Waals surface area contributed by atoms with E-state index in [1.165, 1.54) is 20.3 Å². The highest BCUT2D eigenvalue weighted by Crippen LogP contribution is 2.51. The quantitative estimate of drug-likeness (QED) is 0.535. The summed E-state index contributed by atoms with van der Waals surface area (Å²) in [6, 6.07) is 0. The summed E-state index contributed by atoms with van der Waals surface area (Å²) in [5, 5.41) is 0. The van der Waals surface area contributed by atoms with Crippen LogP contribution in [0, 0.1) is 5.41 Å².